The number of anilines is 1. The summed E-state index contributed by atoms with van der Waals surface area (Å²) < 4.78 is 24.3. The maximum absolute atomic E-state index is 13.3. The smallest absolute Gasteiger partial charge is 0.344 e. The number of nitrogens with one attached hydrogen (secondary N) is 1. The number of halogens is 2. The normalized spacial score (nSPS) is 11.4. The average molecular weight is 441 g/mol. The van der Waals surface area contributed by atoms with Gasteiger partial charge in [0.2, 0.25) is 5.82 Å². The van der Waals surface area contributed by atoms with Crippen LogP contribution in [0.15, 0.2) is 46.9 Å². The number of hydrogen-bond acceptors (Lipinski definition) is 6. The van der Waals surface area contributed by atoms with Gasteiger partial charge in [0, 0.05) is 16.2 Å². The molecule has 0 aliphatic rings. The summed E-state index contributed by atoms with van der Waals surface area (Å²) in [6.07, 6.45) is -1.19. The molecule has 0 saturated heterocycles. The van der Waals surface area contributed by atoms with Crippen molar-refractivity contribution in [2.24, 2.45) is 0 Å². The minimum Gasteiger partial charge on any atom is -0.482 e. The van der Waals surface area contributed by atoms with Crippen LogP contribution in [0.5, 0.6) is 5.75 Å². The van der Waals surface area contributed by atoms with Crippen molar-refractivity contribution in [1.29, 1.82) is 0 Å². The van der Waals surface area contributed by atoms with E-state index in [-0.39, 0.29) is 5.69 Å². The van der Waals surface area contributed by atoms with Crippen LogP contribution >= 0.6 is 15.9 Å². The number of benzene rings is 2. The maximum Gasteiger partial charge on any atom is 0.344 e. The van der Waals surface area contributed by atoms with Gasteiger partial charge in [-0.05, 0) is 43.3 Å². The lowest BCUT2D eigenvalue weighted by Crippen LogP contribution is -2.31. The number of nitro groups is 1. The second-order valence-corrected chi connectivity index (χ2v) is 6.20. The molecule has 142 valence electrons. The van der Waals surface area contributed by atoms with Gasteiger partial charge in [-0.1, -0.05) is 15.9 Å². The van der Waals surface area contributed by atoms with Crippen LogP contribution in [0.1, 0.15) is 6.92 Å². The van der Waals surface area contributed by atoms with Crippen molar-refractivity contribution in [3.05, 3.63) is 62.9 Å². The van der Waals surface area contributed by atoms with Crippen molar-refractivity contribution in [3.8, 4) is 5.75 Å². The number of rotatable bonds is 7. The standard InChI is InChI=1S/C17H14BrFN2O6/c1-10(27-16(22)9-26-13-5-2-11(18)3-6-13)17(23)20-12-4-7-14(19)15(8-12)21(24)25/h2-8,10H,9H2,1H3,(H,20,23). The Morgan fingerprint density at radius 2 is 1.93 bits per heavy atom. The molecular weight excluding hydrogens is 427 g/mol. The third kappa shape index (κ3) is 6.03. The molecule has 10 heteroatoms. The van der Waals surface area contributed by atoms with Crippen LogP contribution in [-0.2, 0) is 14.3 Å². The molecule has 0 aliphatic heterocycles. The number of nitro benzene ring substituents is 1. The van der Waals surface area contributed by atoms with Gasteiger partial charge >= 0.3 is 11.7 Å². The molecule has 27 heavy (non-hydrogen) atoms. The first-order valence-corrected chi connectivity index (χ1v) is 8.38. The van der Waals surface area contributed by atoms with E-state index in [4.69, 9.17) is 9.47 Å². The van der Waals surface area contributed by atoms with E-state index in [1.807, 2.05) is 0 Å². The van der Waals surface area contributed by atoms with Crippen molar-refractivity contribution in [2.75, 3.05) is 11.9 Å². The Balaban J connectivity index is 1.87. The van der Waals surface area contributed by atoms with Crippen LogP contribution in [0, 0.1) is 15.9 Å². The molecule has 8 nitrogen and oxygen atoms in total. The number of hydrogen-bond donors (Lipinski definition) is 1. The molecule has 0 aliphatic carbocycles. The zero-order valence-corrected chi connectivity index (χ0v) is 15.6. The van der Waals surface area contributed by atoms with E-state index in [9.17, 15) is 24.1 Å². The fourth-order valence-electron chi connectivity index (χ4n) is 1.93. The van der Waals surface area contributed by atoms with Gasteiger partial charge in [0.15, 0.2) is 12.7 Å². The highest BCUT2D eigenvalue weighted by Gasteiger charge is 2.20. The van der Waals surface area contributed by atoms with Crippen molar-refractivity contribution >= 4 is 39.2 Å². The monoisotopic (exact) mass is 440 g/mol. The Bertz CT molecular complexity index is 859. The summed E-state index contributed by atoms with van der Waals surface area (Å²) >= 11 is 3.27. The first-order chi connectivity index (χ1) is 12.8. The maximum atomic E-state index is 13.3. The summed E-state index contributed by atoms with van der Waals surface area (Å²) in [5, 5.41) is 13.0. The summed E-state index contributed by atoms with van der Waals surface area (Å²) in [6.45, 7) is 0.923. The van der Waals surface area contributed by atoms with E-state index in [2.05, 4.69) is 21.2 Å². The molecule has 0 radical (unpaired) electrons. The zero-order valence-electron chi connectivity index (χ0n) is 14.0. The molecule has 2 aromatic rings. The Hall–Kier alpha value is -3.01. The third-order valence-corrected chi connectivity index (χ3v) is 3.79. The minimum absolute atomic E-state index is 0.00196. The molecule has 1 N–H and O–H groups in total. The largest absolute Gasteiger partial charge is 0.482 e. The number of carbonyl (C=O) groups excluding carboxylic acids is 2. The highest BCUT2D eigenvalue weighted by molar-refractivity contribution is 9.10. The van der Waals surface area contributed by atoms with Gasteiger partial charge in [0.25, 0.3) is 5.91 Å². The molecule has 0 bridgehead atoms. The number of amides is 1. The minimum atomic E-state index is -1.19. The first kappa shape index (κ1) is 20.3. The van der Waals surface area contributed by atoms with Gasteiger partial charge in [-0.2, -0.15) is 4.39 Å². The Kier molecular flexibility index (Phi) is 6.83. The van der Waals surface area contributed by atoms with E-state index >= 15 is 0 Å². The Morgan fingerprint density at radius 3 is 2.56 bits per heavy atom. The zero-order chi connectivity index (χ0) is 20.0. The lowest BCUT2D eigenvalue weighted by Gasteiger charge is -2.14. The molecule has 1 unspecified atom stereocenters. The van der Waals surface area contributed by atoms with Gasteiger partial charge in [0.1, 0.15) is 5.75 Å². The second-order valence-electron chi connectivity index (χ2n) is 5.29. The fraction of sp³-hybridized carbons (Fsp3) is 0.176. The van der Waals surface area contributed by atoms with Gasteiger partial charge in [-0.15, -0.1) is 0 Å². The average Bonchev–Trinajstić information content (AvgIpc) is 2.62. The van der Waals surface area contributed by atoms with Crippen LogP contribution in [-0.4, -0.2) is 29.5 Å². The summed E-state index contributed by atoms with van der Waals surface area (Å²) in [4.78, 5) is 33.6. The second kappa shape index (κ2) is 9.08. The summed E-state index contributed by atoms with van der Waals surface area (Å²) in [5.74, 6) is -2.08. The molecule has 0 fully saturated rings. The van der Waals surface area contributed by atoms with Gasteiger partial charge in [-0.25, -0.2) is 4.79 Å². The topological polar surface area (TPSA) is 108 Å². The van der Waals surface area contributed by atoms with Crippen molar-refractivity contribution < 1.29 is 28.4 Å². The lowest BCUT2D eigenvalue weighted by molar-refractivity contribution is -0.387. The van der Waals surface area contributed by atoms with Crippen molar-refractivity contribution in [3.63, 3.8) is 0 Å². The van der Waals surface area contributed by atoms with Crippen LogP contribution in [0.3, 0.4) is 0 Å². The fourth-order valence-corrected chi connectivity index (χ4v) is 2.20. The number of nitrogens with zero attached hydrogens (tertiary/aromatic N) is 1. The number of ether oxygens (including phenoxy) is 2. The molecule has 2 rings (SSSR count). The molecule has 1 atom stereocenters. The van der Waals surface area contributed by atoms with Crippen LogP contribution in [0.25, 0.3) is 0 Å². The highest BCUT2D eigenvalue weighted by atomic mass is 79.9. The van der Waals surface area contributed by atoms with Crippen molar-refractivity contribution in [1.82, 2.24) is 0 Å². The van der Waals surface area contributed by atoms with Crippen LogP contribution in [0.4, 0.5) is 15.8 Å². The molecule has 0 aromatic heterocycles. The van der Waals surface area contributed by atoms with Gasteiger partial charge < -0.3 is 14.8 Å². The van der Waals surface area contributed by atoms with E-state index in [0.29, 0.717) is 5.75 Å². The molecule has 2 aromatic carbocycles. The van der Waals surface area contributed by atoms with E-state index in [0.717, 1.165) is 22.7 Å². The molecule has 0 spiro atoms. The summed E-state index contributed by atoms with van der Waals surface area (Å²) in [5.41, 5.74) is -0.776. The van der Waals surface area contributed by atoms with Gasteiger partial charge in [0.05, 0.1) is 4.92 Å². The Morgan fingerprint density at radius 1 is 1.26 bits per heavy atom. The third-order valence-electron chi connectivity index (χ3n) is 3.26. The predicted octanol–water partition coefficient (Wildman–Crippen LogP) is 3.45. The molecule has 0 saturated carbocycles. The highest BCUT2D eigenvalue weighted by Crippen LogP contribution is 2.22. The van der Waals surface area contributed by atoms with Gasteiger partial charge in [-0.3, -0.25) is 14.9 Å². The van der Waals surface area contributed by atoms with E-state index < -0.39 is 41.0 Å². The van der Waals surface area contributed by atoms with E-state index in [1.165, 1.54) is 6.92 Å². The molecule has 1 amide bonds. The summed E-state index contributed by atoms with van der Waals surface area (Å²) in [7, 11) is 0. The van der Waals surface area contributed by atoms with Crippen molar-refractivity contribution in [2.45, 2.75) is 13.0 Å². The number of carbonyl (C=O) groups is 2. The predicted molar refractivity (Wildman–Crippen MR) is 96.9 cm³/mol. The Labute approximate surface area is 161 Å². The molecular formula is C17H14BrFN2O6. The quantitative estimate of drug-likeness (QED) is 0.401. The first-order valence-electron chi connectivity index (χ1n) is 7.59. The summed E-state index contributed by atoms with van der Waals surface area (Å²) in [6, 6.07) is 9.65. The molecule has 0 heterocycles. The number of esters is 1. The van der Waals surface area contributed by atoms with E-state index in [1.54, 1.807) is 24.3 Å². The SMILES string of the molecule is CC(OC(=O)COc1ccc(Br)cc1)C(=O)Nc1ccc(F)c([N+](=O)[O-])c1. The van der Waals surface area contributed by atoms with Crippen LogP contribution < -0.4 is 10.1 Å². The lowest BCUT2D eigenvalue weighted by atomic mass is 10.2. The van der Waals surface area contributed by atoms with Crippen LogP contribution in [0.2, 0.25) is 0 Å².